The van der Waals surface area contributed by atoms with Crippen molar-refractivity contribution in [2.24, 2.45) is 0 Å². The van der Waals surface area contributed by atoms with Gasteiger partial charge in [0.2, 0.25) is 0 Å². The SMILES string of the molecule is CC1(C)OI(C(F)(F)C(F)(F)Oc2ccccc2CCC(=O)OCc2ccc3ccc4cccc5ccc2c3c45)c2ccccc21. The summed E-state index contributed by atoms with van der Waals surface area (Å²) in [7, 11) is 0. The Bertz CT molecular complexity index is 2080. The van der Waals surface area contributed by atoms with Crippen LogP contribution in [0.3, 0.4) is 0 Å². The molecule has 0 N–H and O–H groups in total. The van der Waals surface area contributed by atoms with Crippen molar-refractivity contribution in [2.45, 2.75) is 48.9 Å². The molecular weight excluding hydrogens is 711 g/mol. The summed E-state index contributed by atoms with van der Waals surface area (Å²) in [6.45, 7) is 3.22. The third-order valence-electron chi connectivity index (χ3n) is 8.34. The summed E-state index contributed by atoms with van der Waals surface area (Å²) in [5, 5.41) is 6.58. The number of hydrogen-bond acceptors (Lipinski definition) is 4. The van der Waals surface area contributed by atoms with Crippen molar-refractivity contribution < 1.29 is 34.9 Å². The van der Waals surface area contributed by atoms with E-state index in [0.29, 0.717) is 5.56 Å². The Kier molecular flexibility index (Phi) is 7.59. The Labute approximate surface area is 270 Å². The molecule has 1 aliphatic heterocycles. The Hall–Kier alpha value is -3.96. The molecule has 0 fully saturated rings. The van der Waals surface area contributed by atoms with Gasteiger partial charge >= 0.3 is 196 Å². The van der Waals surface area contributed by atoms with Crippen LogP contribution in [-0.4, -0.2) is 16.0 Å². The van der Waals surface area contributed by atoms with Gasteiger partial charge in [-0.05, 0) is 26.9 Å². The zero-order chi connectivity index (χ0) is 32.3. The van der Waals surface area contributed by atoms with Crippen molar-refractivity contribution in [1.82, 2.24) is 0 Å². The van der Waals surface area contributed by atoms with Crippen LogP contribution in [0.15, 0.2) is 103 Å². The van der Waals surface area contributed by atoms with Crippen LogP contribution in [0.1, 0.15) is 37.0 Å². The van der Waals surface area contributed by atoms with Crippen LogP contribution in [-0.2, 0) is 31.2 Å². The van der Waals surface area contributed by atoms with Gasteiger partial charge in [-0.1, -0.05) is 48.5 Å². The van der Waals surface area contributed by atoms with Gasteiger partial charge in [0.1, 0.15) is 0 Å². The van der Waals surface area contributed by atoms with Gasteiger partial charge in [-0.3, -0.25) is 0 Å². The second-order valence-corrected chi connectivity index (χ2v) is 16.2. The van der Waals surface area contributed by atoms with E-state index < -0.39 is 47.6 Å². The van der Waals surface area contributed by atoms with E-state index in [9.17, 15) is 4.79 Å². The number of esters is 1. The van der Waals surface area contributed by atoms with Crippen LogP contribution >= 0.6 is 20.2 Å². The van der Waals surface area contributed by atoms with Crippen LogP contribution < -0.4 is 4.74 Å². The van der Waals surface area contributed by atoms with Crippen LogP contribution in [0.2, 0.25) is 0 Å². The second kappa shape index (κ2) is 11.4. The molecule has 0 amide bonds. The van der Waals surface area contributed by atoms with Gasteiger partial charge < -0.3 is 0 Å². The van der Waals surface area contributed by atoms with Crippen molar-refractivity contribution in [3.05, 3.63) is 123 Å². The molecule has 0 saturated heterocycles. The predicted molar refractivity (Wildman–Crippen MR) is 178 cm³/mol. The maximum atomic E-state index is 15.6. The molecule has 0 unspecified atom stereocenters. The Balaban J connectivity index is 1.05. The van der Waals surface area contributed by atoms with E-state index in [4.69, 9.17) is 12.5 Å². The molecule has 0 radical (unpaired) electrons. The van der Waals surface area contributed by atoms with Crippen LogP contribution in [0.5, 0.6) is 5.75 Å². The number of carbonyl (C=O) groups excluding carboxylic acids is 1. The molecule has 7 rings (SSSR count). The van der Waals surface area contributed by atoms with Crippen LogP contribution in [0, 0.1) is 3.57 Å². The molecule has 4 nitrogen and oxygen atoms in total. The molecule has 236 valence electrons. The number of fused-ring (bicyclic) bond motifs is 1. The number of ether oxygens (including phenoxy) is 2. The topological polar surface area (TPSA) is 44.8 Å². The summed E-state index contributed by atoms with van der Waals surface area (Å²) >= 11 is -4.21. The monoisotopic (exact) mass is 740 g/mol. The van der Waals surface area contributed by atoms with Crippen molar-refractivity contribution in [2.75, 3.05) is 0 Å². The fourth-order valence-corrected chi connectivity index (χ4v) is 11.2. The zero-order valence-corrected chi connectivity index (χ0v) is 27.1. The van der Waals surface area contributed by atoms with Crippen molar-refractivity contribution in [3.8, 4) is 5.75 Å². The van der Waals surface area contributed by atoms with E-state index in [1.807, 2.05) is 30.3 Å². The minimum atomic E-state index is -4.85. The summed E-state index contributed by atoms with van der Waals surface area (Å²) < 4.78 is 73.4. The van der Waals surface area contributed by atoms with E-state index in [2.05, 4.69) is 24.3 Å². The first-order valence-electron chi connectivity index (χ1n) is 14.8. The number of halogens is 5. The van der Waals surface area contributed by atoms with Gasteiger partial charge in [0.15, 0.2) is 0 Å². The average molecular weight is 741 g/mol. The first-order valence-corrected chi connectivity index (χ1v) is 17.8. The van der Waals surface area contributed by atoms with Crippen molar-refractivity contribution in [1.29, 1.82) is 0 Å². The molecule has 0 atom stereocenters. The quantitative estimate of drug-likeness (QED) is 0.0487. The first-order chi connectivity index (χ1) is 22.0. The summed E-state index contributed by atoms with van der Waals surface area (Å²) in [4.78, 5) is 12.8. The number of benzene rings is 6. The molecule has 0 saturated carbocycles. The van der Waals surface area contributed by atoms with Crippen molar-refractivity contribution in [3.63, 3.8) is 0 Å². The second-order valence-electron chi connectivity index (χ2n) is 11.8. The van der Waals surface area contributed by atoms with Gasteiger partial charge in [-0.25, -0.2) is 0 Å². The summed E-state index contributed by atoms with van der Waals surface area (Å²) in [5.41, 5.74) is 0.399. The number of para-hydroxylation sites is 1. The fourth-order valence-electron chi connectivity index (χ4n) is 6.05. The molecule has 0 aromatic heterocycles. The van der Waals surface area contributed by atoms with E-state index >= 15 is 17.6 Å². The molecule has 1 aliphatic rings. The van der Waals surface area contributed by atoms with E-state index in [0.717, 1.165) is 37.9 Å². The van der Waals surface area contributed by atoms with Gasteiger partial charge in [0.05, 0.1) is 0 Å². The molecule has 9 heteroatoms. The molecule has 6 aromatic carbocycles. The van der Waals surface area contributed by atoms with Crippen molar-refractivity contribution >= 4 is 58.5 Å². The van der Waals surface area contributed by atoms with Gasteiger partial charge in [0, 0.05) is 0 Å². The molecule has 0 aliphatic carbocycles. The summed E-state index contributed by atoms with van der Waals surface area (Å²) in [5.74, 6) is -0.974. The third-order valence-corrected chi connectivity index (χ3v) is 13.7. The predicted octanol–water partition coefficient (Wildman–Crippen LogP) is 10.4. The number of rotatable bonds is 9. The number of hydrogen-bond donors (Lipinski definition) is 0. The Morgan fingerprint density at radius 3 is 2.20 bits per heavy atom. The molecule has 46 heavy (non-hydrogen) atoms. The van der Waals surface area contributed by atoms with E-state index in [1.54, 1.807) is 38.1 Å². The molecule has 6 aromatic rings. The summed E-state index contributed by atoms with van der Waals surface area (Å²) in [6, 6.07) is 30.3. The van der Waals surface area contributed by atoms with Gasteiger partial charge in [-0.2, -0.15) is 0 Å². The van der Waals surface area contributed by atoms with Gasteiger partial charge in [0.25, 0.3) is 0 Å². The third kappa shape index (κ3) is 5.23. The fraction of sp³-hybridized carbons (Fsp3) is 0.216. The standard InChI is InChI=1S/C37H29F4IO4/c1-35(2)29-11-4-5-12-30(29)42(46-35)36(38,39)37(40,41)45-31-13-6-3-8-23(31)19-21-32(43)44-22-27-17-16-26-15-14-24-9-7-10-25-18-20-28(27)34(26)33(24)25/h3-18,20H,19,21-22H2,1-2H3. The summed E-state index contributed by atoms with van der Waals surface area (Å²) in [6.07, 6.45) is -5.04. The molecule has 0 bridgehead atoms. The number of alkyl halides is 5. The molecular formula is C37H29F4IO4. The van der Waals surface area contributed by atoms with Gasteiger partial charge in [-0.15, -0.1) is 0 Å². The Morgan fingerprint density at radius 1 is 0.761 bits per heavy atom. The van der Waals surface area contributed by atoms with E-state index in [1.165, 1.54) is 24.3 Å². The minimum absolute atomic E-state index is 0.0277. The number of aryl methyl sites for hydroxylation is 1. The molecule has 1 heterocycles. The number of carbonyl (C=O) groups is 1. The average Bonchev–Trinajstić information content (AvgIpc) is 3.33. The van der Waals surface area contributed by atoms with Crippen LogP contribution in [0.4, 0.5) is 17.6 Å². The zero-order valence-electron chi connectivity index (χ0n) is 25.0. The first kappa shape index (κ1) is 30.7. The van der Waals surface area contributed by atoms with Crippen LogP contribution in [0.25, 0.3) is 32.3 Å². The normalized spacial score (nSPS) is 15.5. The Morgan fingerprint density at radius 2 is 1.41 bits per heavy atom. The maximum absolute atomic E-state index is 15.6. The van der Waals surface area contributed by atoms with E-state index in [-0.39, 0.29) is 28.6 Å². The molecule has 0 spiro atoms.